The molecule has 7 heteroatoms. The highest BCUT2D eigenvalue weighted by Crippen LogP contribution is 2.43. The third-order valence-corrected chi connectivity index (χ3v) is 8.73. The van der Waals surface area contributed by atoms with Gasteiger partial charge in [-0.25, -0.2) is 8.42 Å². The summed E-state index contributed by atoms with van der Waals surface area (Å²) in [4.78, 5) is 11.5. The Kier molecular flexibility index (Phi) is 8.18. The quantitative estimate of drug-likeness (QED) is 0.336. The maximum Gasteiger partial charge on any atom is 0.293 e. The Labute approximate surface area is 190 Å². The topological polar surface area (TPSA) is 78.9 Å². The van der Waals surface area contributed by atoms with Gasteiger partial charge in [-0.15, -0.1) is 0 Å². The summed E-state index contributed by atoms with van der Waals surface area (Å²) in [5, 5.41) is -0.809. The molecule has 3 rings (SSSR count). The van der Waals surface area contributed by atoms with E-state index in [1.807, 2.05) is 18.2 Å². The molecule has 1 fully saturated rings. The number of hydrogen-bond acceptors (Lipinski definition) is 6. The third kappa shape index (κ3) is 5.26. The zero-order chi connectivity index (χ0) is 23.0. The molecule has 1 aliphatic carbocycles. The smallest absolute Gasteiger partial charge is 0.293 e. The molecular formula is C25H32O6S. The maximum atomic E-state index is 13.8. The van der Waals surface area contributed by atoms with Gasteiger partial charge in [-0.2, -0.15) is 0 Å². The van der Waals surface area contributed by atoms with E-state index in [-0.39, 0.29) is 4.90 Å². The summed E-state index contributed by atoms with van der Waals surface area (Å²) in [6.45, 7) is 0.409. The number of methoxy groups -OCH3 is 2. The largest absolute Gasteiger partial charge is 0.493 e. The van der Waals surface area contributed by atoms with Gasteiger partial charge in [0.25, 0.3) is 6.47 Å². The minimum Gasteiger partial charge on any atom is -0.493 e. The van der Waals surface area contributed by atoms with Crippen LogP contribution in [0.15, 0.2) is 53.4 Å². The van der Waals surface area contributed by atoms with Gasteiger partial charge in [-0.1, -0.05) is 36.8 Å². The predicted octanol–water partition coefficient (Wildman–Crippen LogP) is 4.74. The SMILES string of the molecule is COc1ccc(S(=O)(=O)C(CCCCc2ccccc2)C2(OC=O)CCCC2)cc1OC. The Hall–Kier alpha value is -2.54. The molecule has 1 saturated carbocycles. The van der Waals surface area contributed by atoms with Gasteiger partial charge in [0.2, 0.25) is 0 Å². The highest BCUT2D eigenvalue weighted by Gasteiger charge is 2.50. The van der Waals surface area contributed by atoms with E-state index >= 15 is 0 Å². The fourth-order valence-corrected chi connectivity index (χ4v) is 6.94. The van der Waals surface area contributed by atoms with Crippen molar-refractivity contribution in [3.8, 4) is 11.5 Å². The minimum atomic E-state index is -3.79. The summed E-state index contributed by atoms with van der Waals surface area (Å²) in [7, 11) is -0.805. The highest BCUT2D eigenvalue weighted by molar-refractivity contribution is 7.92. The number of rotatable bonds is 12. The lowest BCUT2D eigenvalue weighted by molar-refractivity contribution is -0.143. The van der Waals surface area contributed by atoms with Crippen molar-refractivity contribution in [3.05, 3.63) is 54.1 Å². The van der Waals surface area contributed by atoms with E-state index in [0.29, 0.717) is 37.2 Å². The molecule has 0 radical (unpaired) electrons. The highest BCUT2D eigenvalue weighted by atomic mass is 32.2. The van der Waals surface area contributed by atoms with E-state index in [1.165, 1.54) is 31.9 Å². The number of unbranched alkanes of at least 4 members (excludes halogenated alkanes) is 1. The Morgan fingerprint density at radius 1 is 0.969 bits per heavy atom. The molecule has 0 N–H and O–H groups in total. The summed E-state index contributed by atoms with van der Waals surface area (Å²) < 4.78 is 43.8. The second-order valence-electron chi connectivity index (χ2n) is 8.27. The average molecular weight is 461 g/mol. The lowest BCUT2D eigenvalue weighted by Gasteiger charge is -2.35. The molecule has 2 aromatic carbocycles. The summed E-state index contributed by atoms with van der Waals surface area (Å²) in [6, 6.07) is 14.8. The Morgan fingerprint density at radius 2 is 1.66 bits per heavy atom. The Bertz CT molecular complexity index is 981. The molecule has 0 saturated heterocycles. The molecule has 1 aliphatic rings. The van der Waals surface area contributed by atoms with Gasteiger partial charge in [-0.05, 0) is 62.6 Å². The molecule has 1 unspecified atom stereocenters. The minimum absolute atomic E-state index is 0.156. The van der Waals surface area contributed by atoms with Gasteiger partial charge in [0, 0.05) is 6.07 Å². The van der Waals surface area contributed by atoms with Crippen LogP contribution in [-0.4, -0.2) is 40.0 Å². The van der Waals surface area contributed by atoms with Crippen LogP contribution < -0.4 is 9.47 Å². The Morgan fingerprint density at radius 3 is 2.28 bits per heavy atom. The number of carbonyl (C=O) groups excluding carboxylic acids is 1. The molecule has 0 heterocycles. The van der Waals surface area contributed by atoms with Gasteiger partial charge < -0.3 is 14.2 Å². The molecule has 0 bridgehead atoms. The van der Waals surface area contributed by atoms with Crippen LogP contribution >= 0.6 is 0 Å². The van der Waals surface area contributed by atoms with Crippen LogP contribution in [-0.2, 0) is 25.8 Å². The first-order chi connectivity index (χ1) is 15.5. The van der Waals surface area contributed by atoms with Crippen LogP contribution in [0.1, 0.15) is 50.5 Å². The molecule has 2 aromatic rings. The van der Waals surface area contributed by atoms with E-state index in [4.69, 9.17) is 14.2 Å². The summed E-state index contributed by atoms with van der Waals surface area (Å²) in [5.74, 6) is 0.818. The fraction of sp³-hybridized carbons (Fsp3) is 0.480. The first-order valence-corrected chi connectivity index (χ1v) is 12.6. The van der Waals surface area contributed by atoms with Crippen LogP contribution in [0.25, 0.3) is 0 Å². The number of ether oxygens (including phenoxy) is 3. The van der Waals surface area contributed by atoms with Crippen molar-refractivity contribution in [2.45, 2.75) is 67.1 Å². The van der Waals surface area contributed by atoms with Crippen molar-refractivity contribution in [2.24, 2.45) is 0 Å². The van der Waals surface area contributed by atoms with Crippen LogP contribution in [0.4, 0.5) is 0 Å². The first kappa shape index (κ1) is 24.1. The number of sulfone groups is 1. The molecular weight excluding hydrogens is 428 g/mol. The fourth-order valence-electron chi connectivity index (χ4n) is 4.75. The van der Waals surface area contributed by atoms with E-state index in [1.54, 1.807) is 6.07 Å². The van der Waals surface area contributed by atoms with E-state index < -0.39 is 20.7 Å². The van der Waals surface area contributed by atoms with Crippen molar-refractivity contribution in [2.75, 3.05) is 14.2 Å². The number of aryl methyl sites for hydroxylation is 1. The monoisotopic (exact) mass is 460 g/mol. The average Bonchev–Trinajstić information content (AvgIpc) is 3.28. The van der Waals surface area contributed by atoms with Crippen molar-refractivity contribution < 1.29 is 27.4 Å². The van der Waals surface area contributed by atoms with E-state index in [0.717, 1.165) is 32.1 Å². The van der Waals surface area contributed by atoms with Crippen molar-refractivity contribution in [1.29, 1.82) is 0 Å². The summed E-state index contributed by atoms with van der Waals surface area (Å²) >= 11 is 0. The van der Waals surface area contributed by atoms with E-state index in [9.17, 15) is 13.2 Å². The molecule has 0 amide bonds. The van der Waals surface area contributed by atoms with Gasteiger partial charge in [0.1, 0.15) is 10.9 Å². The predicted molar refractivity (Wildman–Crippen MR) is 123 cm³/mol. The van der Waals surface area contributed by atoms with E-state index in [2.05, 4.69) is 12.1 Å². The second kappa shape index (κ2) is 10.9. The lowest BCUT2D eigenvalue weighted by Crippen LogP contribution is -2.47. The molecule has 174 valence electrons. The molecule has 6 nitrogen and oxygen atoms in total. The molecule has 0 aromatic heterocycles. The molecule has 0 aliphatic heterocycles. The van der Waals surface area contributed by atoms with Gasteiger partial charge in [0.05, 0.1) is 19.1 Å². The Balaban J connectivity index is 1.88. The van der Waals surface area contributed by atoms with Crippen LogP contribution in [0.3, 0.4) is 0 Å². The first-order valence-electron chi connectivity index (χ1n) is 11.1. The molecule has 1 atom stereocenters. The van der Waals surface area contributed by atoms with Crippen molar-refractivity contribution in [3.63, 3.8) is 0 Å². The zero-order valence-corrected chi connectivity index (χ0v) is 19.6. The normalized spacial score (nSPS) is 16.3. The second-order valence-corrected chi connectivity index (χ2v) is 10.4. The van der Waals surface area contributed by atoms with Gasteiger partial charge in [-0.3, -0.25) is 4.79 Å². The third-order valence-electron chi connectivity index (χ3n) is 6.40. The number of carbonyl (C=O) groups is 1. The number of hydrogen-bond donors (Lipinski definition) is 0. The summed E-state index contributed by atoms with van der Waals surface area (Å²) in [6.07, 6.45) is 5.69. The van der Waals surface area contributed by atoms with Gasteiger partial charge in [0.15, 0.2) is 21.3 Å². The zero-order valence-electron chi connectivity index (χ0n) is 18.8. The maximum absolute atomic E-state index is 13.8. The lowest BCUT2D eigenvalue weighted by atomic mass is 9.92. The van der Waals surface area contributed by atoms with Gasteiger partial charge >= 0.3 is 0 Å². The molecule has 32 heavy (non-hydrogen) atoms. The molecule has 0 spiro atoms. The van der Waals surface area contributed by atoms with Crippen LogP contribution in [0, 0.1) is 0 Å². The number of benzene rings is 2. The standard InChI is InChI=1S/C25H32O6S/c1-29-22-15-14-21(18-23(22)30-2)32(27,28)24(25(31-19-26)16-8-9-17-25)13-7-6-12-20-10-4-3-5-11-20/h3-5,10-11,14-15,18-19,24H,6-9,12-13,16-17H2,1-2H3. The van der Waals surface area contributed by atoms with Crippen LogP contribution in [0.5, 0.6) is 11.5 Å². The van der Waals surface area contributed by atoms with Crippen molar-refractivity contribution >= 4 is 16.3 Å². The van der Waals surface area contributed by atoms with Crippen molar-refractivity contribution in [1.82, 2.24) is 0 Å². The summed E-state index contributed by atoms with van der Waals surface area (Å²) in [5.41, 5.74) is 0.243. The van der Waals surface area contributed by atoms with Crippen LogP contribution in [0.2, 0.25) is 0 Å².